The highest BCUT2D eigenvalue weighted by Gasteiger charge is 2.39. The molecule has 1 aliphatic heterocycles. The summed E-state index contributed by atoms with van der Waals surface area (Å²) in [5.41, 5.74) is 0.531. The molecule has 1 heterocycles. The number of aliphatic carboxylic acids is 1. The van der Waals surface area contributed by atoms with E-state index in [1.807, 2.05) is 25.1 Å². The van der Waals surface area contributed by atoms with E-state index >= 15 is 0 Å². The number of amides is 1. The predicted octanol–water partition coefficient (Wildman–Crippen LogP) is 2.40. The summed E-state index contributed by atoms with van der Waals surface area (Å²) in [4.78, 5) is 23.4. The lowest BCUT2D eigenvalue weighted by atomic mass is 9.92. The van der Waals surface area contributed by atoms with Crippen LogP contribution in [-0.4, -0.2) is 35.7 Å². The van der Waals surface area contributed by atoms with Crippen LogP contribution in [0.25, 0.3) is 0 Å². The molecule has 2 N–H and O–H groups in total. The second-order valence-electron chi connectivity index (χ2n) is 6.42. The number of nitrogens with one attached hydrogen (secondary N) is 1. The van der Waals surface area contributed by atoms with Gasteiger partial charge >= 0.3 is 5.97 Å². The number of carbonyl (C=O) groups is 2. The molecule has 0 saturated carbocycles. The smallest absolute Gasteiger partial charge is 0.305 e. The Bertz CT molecular complexity index is 523. The van der Waals surface area contributed by atoms with Gasteiger partial charge in [0.2, 0.25) is 5.91 Å². The summed E-state index contributed by atoms with van der Waals surface area (Å²) < 4.78 is 5.30. The van der Waals surface area contributed by atoms with Crippen LogP contribution in [0.1, 0.15) is 38.2 Å². The molecule has 2 unspecified atom stereocenters. The van der Waals surface area contributed by atoms with Crippen molar-refractivity contribution in [3.05, 3.63) is 35.9 Å². The second-order valence-corrected chi connectivity index (χ2v) is 6.42. The van der Waals surface area contributed by atoms with Crippen molar-refractivity contribution in [3.8, 4) is 0 Å². The van der Waals surface area contributed by atoms with Crippen LogP contribution in [0, 0.1) is 5.92 Å². The number of carboxylic acids is 1. The molecule has 1 aromatic rings. The normalized spacial score (nSPS) is 21.8. The molecule has 1 aliphatic rings. The van der Waals surface area contributed by atoms with E-state index in [0.29, 0.717) is 13.0 Å². The zero-order chi connectivity index (χ0) is 16.7. The topological polar surface area (TPSA) is 75.6 Å². The Morgan fingerprint density at radius 3 is 2.70 bits per heavy atom. The molecule has 2 rings (SSSR count). The van der Waals surface area contributed by atoms with Gasteiger partial charge in [-0.15, -0.1) is 0 Å². The average molecular weight is 319 g/mol. The van der Waals surface area contributed by atoms with Crippen LogP contribution in [-0.2, 0) is 20.7 Å². The number of carbonyl (C=O) groups excluding carboxylic acids is 1. The van der Waals surface area contributed by atoms with Gasteiger partial charge in [-0.05, 0) is 31.2 Å². The molecule has 0 radical (unpaired) electrons. The maximum absolute atomic E-state index is 12.4. The maximum Gasteiger partial charge on any atom is 0.305 e. The third-order valence-corrected chi connectivity index (χ3v) is 4.37. The van der Waals surface area contributed by atoms with Gasteiger partial charge in [-0.2, -0.15) is 0 Å². The Labute approximate surface area is 137 Å². The van der Waals surface area contributed by atoms with Crippen LogP contribution in [0.2, 0.25) is 0 Å². The first-order valence-electron chi connectivity index (χ1n) is 8.16. The zero-order valence-corrected chi connectivity index (χ0v) is 13.6. The van der Waals surface area contributed by atoms with E-state index in [-0.39, 0.29) is 24.9 Å². The van der Waals surface area contributed by atoms with Crippen LogP contribution in [0.5, 0.6) is 0 Å². The Hall–Kier alpha value is -1.88. The van der Waals surface area contributed by atoms with Gasteiger partial charge in [0.05, 0.1) is 18.6 Å². The Morgan fingerprint density at radius 1 is 1.35 bits per heavy atom. The van der Waals surface area contributed by atoms with E-state index < -0.39 is 11.5 Å². The molecule has 1 fully saturated rings. The SMILES string of the molecule is CC(CCCc1ccccc1)C(=O)NC1(CC(=O)O)CCOC1. The molecule has 0 bridgehead atoms. The summed E-state index contributed by atoms with van der Waals surface area (Å²) >= 11 is 0. The second kappa shape index (κ2) is 8.11. The molecule has 0 aliphatic carbocycles. The zero-order valence-electron chi connectivity index (χ0n) is 13.6. The third-order valence-electron chi connectivity index (χ3n) is 4.37. The van der Waals surface area contributed by atoms with Crippen molar-refractivity contribution >= 4 is 11.9 Å². The minimum Gasteiger partial charge on any atom is -0.481 e. The highest BCUT2D eigenvalue weighted by Crippen LogP contribution is 2.24. The molecule has 23 heavy (non-hydrogen) atoms. The van der Waals surface area contributed by atoms with Crippen molar-refractivity contribution < 1.29 is 19.4 Å². The van der Waals surface area contributed by atoms with Crippen molar-refractivity contribution in [2.24, 2.45) is 5.92 Å². The van der Waals surface area contributed by atoms with Crippen LogP contribution in [0.3, 0.4) is 0 Å². The van der Waals surface area contributed by atoms with E-state index in [4.69, 9.17) is 9.84 Å². The highest BCUT2D eigenvalue weighted by molar-refractivity contribution is 5.80. The minimum absolute atomic E-state index is 0.0789. The number of benzene rings is 1. The van der Waals surface area contributed by atoms with E-state index in [1.165, 1.54) is 5.56 Å². The van der Waals surface area contributed by atoms with Gasteiger partial charge in [0, 0.05) is 12.5 Å². The van der Waals surface area contributed by atoms with Crippen LogP contribution in [0.15, 0.2) is 30.3 Å². The van der Waals surface area contributed by atoms with Gasteiger partial charge in [0.15, 0.2) is 0 Å². The summed E-state index contributed by atoms with van der Waals surface area (Å²) in [5.74, 6) is -1.12. The molecule has 0 aromatic heterocycles. The van der Waals surface area contributed by atoms with Crippen LogP contribution >= 0.6 is 0 Å². The molecule has 1 amide bonds. The molecule has 1 aromatic carbocycles. The monoisotopic (exact) mass is 319 g/mol. The number of hydrogen-bond donors (Lipinski definition) is 2. The fraction of sp³-hybridized carbons (Fsp3) is 0.556. The standard InChI is InChI=1S/C18H25NO4/c1-14(6-5-9-15-7-3-2-4-8-15)17(22)19-18(12-16(20)21)10-11-23-13-18/h2-4,7-8,14H,5-6,9-13H2,1H3,(H,19,22)(H,20,21). The third kappa shape index (κ3) is 5.36. The molecule has 0 spiro atoms. The lowest BCUT2D eigenvalue weighted by Gasteiger charge is -2.28. The number of aryl methyl sites for hydroxylation is 1. The van der Waals surface area contributed by atoms with Gasteiger partial charge in [0.25, 0.3) is 0 Å². The van der Waals surface area contributed by atoms with Gasteiger partial charge < -0.3 is 15.2 Å². The summed E-state index contributed by atoms with van der Waals surface area (Å²) in [6, 6.07) is 10.2. The summed E-state index contributed by atoms with van der Waals surface area (Å²) in [5, 5.41) is 12.0. The van der Waals surface area contributed by atoms with Gasteiger partial charge in [-0.3, -0.25) is 9.59 Å². The van der Waals surface area contributed by atoms with Gasteiger partial charge in [-0.1, -0.05) is 37.3 Å². The average Bonchev–Trinajstić information content (AvgIpc) is 2.95. The predicted molar refractivity (Wildman–Crippen MR) is 87.1 cm³/mol. The molecule has 5 nitrogen and oxygen atoms in total. The first kappa shape index (κ1) is 17.5. The van der Waals surface area contributed by atoms with Crippen molar-refractivity contribution in [1.82, 2.24) is 5.32 Å². The van der Waals surface area contributed by atoms with Crippen molar-refractivity contribution in [2.75, 3.05) is 13.2 Å². The number of hydrogen-bond acceptors (Lipinski definition) is 3. The molecular weight excluding hydrogens is 294 g/mol. The first-order valence-corrected chi connectivity index (χ1v) is 8.16. The minimum atomic E-state index is -0.910. The van der Waals surface area contributed by atoms with Crippen molar-refractivity contribution in [1.29, 1.82) is 0 Å². The van der Waals surface area contributed by atoms with Gasteiger partial charge in [-0.25, -0.2) is 0 Å². The lowest BCUT2D eigenvalue weighted by Crippen LogP contribution is -2.52. The Kier molecular flexibility index (Phi) is 6.16. The first-order chi connectivity index (χ1) is 11.0. The van der Waals surface area contributed by atoms with Crippen molar-refractivity contribution in [2.45, 2.75) is 44.6 Å². The van der Waals surface area contributed by atoms with E-state index in [2.05, 4.69) is 17.4 Å². The van der Waals surface area contributed by atoms with Crippen molar-refractivity contribution in [3.63, 3.8) is 0 Å². The largest absolute Gasteiger partial charge is 0.481 e. The molecular formula is C18H25NO4. The number of ether oxygens (including phenoxy) is 1. The Balaban J connectivity index is 1.80. The summed E-state index contributed by atoms with van der Waals surface area (Å²) in [6.45, 7) is 2.67. The number of carboxylic acid groups (broad SMARTS) is 1. The Morgan fingerprint density at radius 2 is 2.09 bits per heavy atom. The maximum atomic E-state index is 12.4. The lowest BCUT2D eigenvalue weighted by molar-refractivity contribution is -0.139. The number of rotatable bonds is 8. The van der Waals surface area contributed by atoms with E-state index in [0.717, 1.165) is 19.3 Å². The fourth-order valence-electron chi connectivity index (χ4n) is 2.95. The molecule has 5 heteroatoms. The molecule has 1 saturated heterocycles. The van der Waals surface area contributed by atoms with Gasteiger partial charge in [0.1, 0.15) is 0 Å². The molecule has 2 atom stereocenters. The van der Waals surface area contributed by atoms with E-state index in [1.54, 1.807) is 0 Å². The van der Waals surface area contributed by atoms with Crippen LogP contribution < -0.4 is 5.32 Å². The quantitative estimate of drug-likeness (QED) is 0.771. The summed E-state index contributed by atoms with van der Waals surface area (Å²) in [6.07, 6.45) is 3.13. The van der Waals surface area contributed by atoms with E-state index in [9.17, 15) is 9.59 Å². The van der Waals surface area contributed by atoms with Crippen LogP contribution in [0.4, 0.5) is 0 Å². The molecule has 126 valence electrons. The fourth-order valence-corrected chi connectivity index (χ4v) is 2.95. The summed E-state index contributed by atoms with van der Waals surface area (Å²) in [7, 11) is 0. The highest BCUT2D eigenvalue weighted by atomic mass is 16.5.